The van der Waals surface area contributed by atoms with E-state index >= 15 is 0 Å². The lowest BCUT2D eigenvalue weighted by atomic mass is 10.1. The van der Waals surface area contributed by atoms with Crippen LogP contribution >= 0.6 is 0 Å². The fourth-order valence-corrected chi connectivity index (χ4v) is 2.93. The summed E-state index contributed by atoms with van der Waals surface area (Å²) in [7, 11) is 1.61. The van der Waals surface area contributed by atoms with E-state index in [1.165, 1.54) is 5.56 Å². The van der Waals surface area contributed by atoms with Gasteiger partial charge in [0.05, 0.1) is 25.7 Å². The Balaban J connectivity index is 1.94. The van der Waals surface area contributed by atoms with Crippen molar-refractivity contribution in [2.75, 3.05) is 13.7 Å². The van der Waals surface area contributed by atoms with Gasteiger partial charge in [0.25, 0.3) is 0 Å². The predicted molar refractivity (Wildman–Crippen MR) is 129 cm³/mol. The highest BCUT2D eigenvalue weighted by atomic mass is 16.5. The standard InChI is InChI=1S/C27H29NO4/c1-6-30-23-10-9-11-24(17-23)32-27(28-22-15-14-19(2)20(3)16-22)21(4)18-31-26-13-8-7-12-25(26)29-5/h7-18H,6H2,1-5H3. The van der Waals surface area contributed by atoms with Crippen LogP contribution in [-0.4, -0.2) is 19.6 Å². The number of para-hydroxylation sites is 2. The molecule has 0 bridgehead atoms. The van der Waals surface area contributed by atoms with Crippen LogP contribution in [-0.2, 0) is 0 Å². The van der Waals surface area contributed by atoms with Gasteiger partial charge in [-0.05, 0) is 75.2 Å². The van der Waals surface area contributed by atoms with Crippen molar-refractivity contribution in [3.05, 3.63) is 89.7 Å². The normalized spacial score (nSPS) is 11.8. The molecule has 0 saturated heterocycles. The number of rotatable bonds is 8. The zero-order valence-corrected chi connectivity index (χ0v) is 19.2. The van der Waals surface area contributed by atoms with E-state index in [-0.39, 0.29) is 0 Å². The SMILES string of the molecule is CCOc1cccc(OC(=Nc2ccc(C)c(C)c2)C(C)=COc2ccccc2OC)c1. The Labute approximate surface area is 189 Å². The van der Waals surface area contributed by atoms with E-state index in [1.54, 1.807) is 13.4 Å². The van der Waals surface area contributed by atoms with Crippen LogP contribution in [0.4, 0.5) is 5.69 Å². The van der Waals surface area contributed by atoms with Crippen LogP contribution in [0.3, 0.4) is 0 Å². The summed E-state index contributed by atoms with van der Waals surface area (Å²) in [6.07, 6.45) is 1.62. The van der Waals surface area contributed by atoms with Crippen LogP contribution in [0.1, 0.15) is 25.0 Å². The molecule has 5 nitrogen and oxygen atoms in total. The van der Waals surface area contributed by atoms with Crippen molar-refractivity contribution in [3.63, 3.8) is 0 Å². The van der Waals surface area contributed by atoms with Crippen molar-refractivity contribution >= 4 is 11.6 Å². The molecule has 0 radical (unpaired) electrons. The Kier molecular flexibility index (Phi) is 7.92. The summed E-state index contributed by atoms with van der Waals surface area (Å²) in [4.78, 5) is 4.76. The second-order valence-corrected chi connectivity index (χ2v) is 7.27. The molecule has 0 saturated carbocycles. The average Bonchev–Trinajstić information content (AvgIpc) is 2.80. The predicted octanol–water partition coefficient (Wildman–Crippen LogP) is 6.80. The lowest BCUT2D eigenvalue weighted by Crippen LogP contribution is -2.11. The molecule has 0 aromatic heterocycles. The van der Waals surface area contributed by atoms with Crippen molar-refractivity contribution in [2.45, 2.75) is 27.7 Å². The van der Waals surface area contributed by atoms with Gasteiger partial charge in [0, 0.05) is 11.6 Å². The number of benzene rings is 3. The first-order valence-electron chi connectivity index (χ1n) is 10.5. The van der Waals surface area contributed by atoms with Gasteiger partial charge in [-0.15, -0.1) is 0 Å². The molecule has 3 rings (SSSR count). The van der Waals surface area contributed by atoms with E-state index in [0.29, 0.717) is 29.8 Å². The van der Waals surface area contributed by atoms with Crippen LogP contribution in [0.25, 0.3) is 0 Å². The molecule has 3 aromatic rings. The minimum atomic E-state index is 0.428. The van der Waals surface area contributed by atoms with Gasteiger partial charge in [-0.1, -0.05) is 24.3 Å². The van der Waals surface area contributed by atoms with Gasteiger partial charge in [-0.25, -0.2) is 4.99 Å². The summed E-state index contributed by atoms with van der Waals surface area (Å²) in [5, 5.41) is 0. The molecule has 3 aromatic carbocycles. The highest BCUT2D eigenvalue weighted by molar-refractivity contribution is 5.96. The molecule has 5 heteroatoms. The van der Waals surface area contributed by atoms with Gasteiger partial charge < -0.3 is 18.9 Å². The Morgan fingerprint density at radius 1 is 0.875 bits per heavy atom. The molecule has 0 aliphatic carbocycles. The third-order valence-corrected chi connectivity index (χ3v) is 4.82. The average molecular weight is 432 g/mol. The monoisotopic (exact) mass is 431 g/mol. The van der Waals surface area contributed by atoms with Gasteiger partial charge in [0.2, 0.25) is 5.90 Å². The van der Waals surface area contributed by atoms with Gasteiger partial charge in [0.15, 0.2) is 11.5 Å². The molecule has 0 N–H and O–H groups in total. The van der Waals surface area contributed by atoms with Crippen LogP contribution in [0.5, 0.6) is 23.0 Å². The molecule has 0 fully saturated rings. The van der Waals surface area contributed by atoms with E-state index in [9.17, 15) is 0 Å². The Morgan fingerprint density at radius 3 is 2.34 bits per heavy atom. The van der Waals surface area contributed by atoms with Crippen LogP contribution in [0, 0.1) is 13.8 Å². The Morgan fingerprint density at radius 2 is 1.62 bits per heavy atom. The smallest absolute Gasteiger partial charge is 0.225 e. The lowest BCUT2D eigenvalue weighted by Gasteiger charge is -2.12. The second kappa shape index (κ2) is 11.0. The first-order valence-corrected chi connectivity index (χ1v) is 10.5. The molecule has 0 heterocycles. The van der Waals surface area contributed by atoms with Gasteiger partial charge >= 0.3 is 0 Å². The number of aryl methyl sites for hydroxylation is 2. The molecule has 0 spiro atoms. The highest BCUT2D eigenvalue weighted by Gasteiger charge is 2.10. The largest absolute Gasteiger partial charge is 0.494 e. The van der Waals surface area contributed by atoms with Crippen molar-refractivity contribution in [1.82, 2.24) is 0 Å². The fourth-order valence-electron chi connectivity index (χ4n) is 2.93. The third-order valence-electron chi connectivity index (χ3n) is 4.82. The quantitative estimate of drug-likeness (QED) is 0.223. The third kappa shape index (κ3) is 6.14. The molecule has 166 valence electrons. The zero-order valence-electron chi connectivity index (χ0n) is 19.2. The molecule has 32 heavy (non-hydrogen) atoms. The van der Waals surface area contributed by atoms with Crippen molar-refractivity contribution in [1.29, 1.82) is 0 Å². The number of hydrogen-bond donors (Lipinski definition) is 0. The Bertz CT molecular complexity index is 1120. The fraction of sp³-hybridized carbons (Fsp3) is 0.222. The number of nitrogens with zero attached hydrogens (tertiary/aromatic N) is 1. The van der Waals surface area contributed by atoms with Crippen LogP contribution in [0.15, 0.2) is 83.6 Å². The summed E-state index contributed by atoms with van der Waals surface area (Å²) in [5.74, 6) is 3.05. The molecule has 0 unspecified atom stereocenters. The van der Waals surface area contributed by atoms with E-state index in [4.69, 9.17) is 23.9 Å². The van der Waals surface area contributed by atoms with Crippen molar-refractivity contribution in [3.8, 4) is 23.0 Å². The number of methoxy groups -OCH3 is 1. The van der Waals surface area contributed by atoms with E-state index in [2.05, 4.69) is 13.8 Å². The maximum atomic E-state index is 6.17. The number of ether oxygens (including phenoxy) is 4. The van der Waals surface area contributed by atoms with E-state index in [1.807, 2.05) is 80.6 Å². The maximum Gasteiger partial charge on any atom is 0.225 e. The molecule has 0 aliphatic rings. The first kappa shape index (κ1) is 22.9. The lowest BCUT2D eigenvalue weighted by molar-refractivity contribution is 0.339. The minimum absolute atomic E-state index is 0.428. The van der Waals surface area contributed by atoms with Crippen LogP contribution < -0.4 is 18.9 Å². The molecule has 0 aliphatic heterocycles. The first-order chi connectivity index (χ1) is 15.5. The summed E-state index contributed by atoms with van der Waals surface area (Å²) in [6, 6.07) is 21.0. The van der Waals surface area contributed by atoms with E-state index in [0.717, 1.165) is 22.6 Å². The highest BCUT2D eigenvalue weighted by Crippen LogP contribution is 2.27. The topological polar surface area (TPSA) is 49.3 Å². The van der Waals surface area contributed by atoms with Gasteiger partial charge in [-0.2, -0.15) is 0 Å². The van der Waals surface area contributed by atoms with Crippen molar-refractivity contribution in [2.24, 2.45) is 4.99 Å². The van der Waals surface area contributed by atoms with E-state index < -0.39 is 0 Å². The number of aliphatic imine (C=N–C) groups is 1. The zero-order chi connectivity index (χ0) is 22.9. The van der Waals surface area contributed by atoms with Crippen LogP contribution in [0.2, 0.25) is 0 Å². The summed E-state index contributed by atoms with van der Waals surface area (Å²) < 4.78 is 23.0. The summed E-state index contributed by atoms with van der Waals surface area (Å²) >= 11 is 0. The van der Waals surface area contributed by atoms with Crippen molar-refractivity contribution < 1.29 is 18.9 Å². The molecular formula is C27H29NO4. The molecular weight excluding hydrogens is 402 g/mol. The number of hydrogen-bond acceptors (Lipinski definition) is 5. The molecule has 0 amide bonds. The molecule has 0 atom stereocenters. The summed E-state index contributed by atoms with van der Waals surface area (Å²) in [6.45, 7) is 8.56. The van der Waals surface area contributed by atoms with Gasteiger partial charge in [-0.3, -0.25) is 0 Å². The Hall–Kier alpha value is -3.73. The minimum Gasteiger partial charge on any atom is -0.494 e. The maximum absolute atomic E-state index is 6.17. The summed E-state index contributed by atoms with van der Waals surface area (Å²) in [5.41, 5.74) is 3.89. The van der Waals surface area contributed by atoms with Gasteiger partial charge in [0.1, 0.15) is 11.5 Å². The second-order valence-electron chi connectivity index (χ2n) is 7.27.